The van der Waals surface area contributed by atoms with Crippen molar-refractivity contribution in [3.05, 3.63) is 63.6 Å². The van der Waals surface area contributed by atoms with Crippen LogP contribution in [-0.2, 0) is 30.3 Å². The number of hydrogen-bond donors (Lipinski definition) is 0. The lowest BCUT2D eigenvalue weighted by atomic mass is 9.95. The van der Waals surface area contributed by atoms with Crippen LogP contribution in [0.5, 0.6) is 5.75 Å². The van der Waals surface area contributed by atoms with Crippen LogP contribution in [0.2, 0.25) is 10.0 Å². The van der Waals surface area contributed by atoms with Crippen LogP contribution < -0.4 is 4.74 Å². The molecule has 0 heterocycles. The molecule has 0 aromatic heterocycles. The normalized spacial score (nSPS) is 12.5. The van der Waals surface area contributed by atoms with E-state index < -0.39 is 10.1 Å². The van der Waals surface area contributed by atoms with E-state index in [1.165, 1.54) is 0 Å². The van der Waals surface area contributed by atoms with Crippen molar-refractivity contribution in [1.29, 1.82) is 0 Å². The maximum atomic E-state index is 13.3. The zero-order chi connectivity index (χ0) is 26.0. The number of methoxy groups -OCH3 is 1. The predicted molar refractivity (Wildman–Crippen MR) is 139 cm³/mol. The van der Waals surface area contributed by atoms with Gasteiger partial charge in [0, 0.05) is 26.1 Å². The van der Waals surface area contributed by atoms with Crippen molar-refractivity contribution < 1.29 is 26.9 Å². The Hall–Kier alpha value is -1.84. The molecule has 10 heteroatoms. The smallest absolute Gasteiger partial charge is 0.264 e. The molecule has 0 radical (unpaired) electrons. The topological polar surface area (TPSA) is 82.1 Å². The molecule has 0 aliphatic rings. The molecule has 2 rings (SSSR count). The fourth-order valence-corrected chi connectivity index (χ4v) is 4.25. The first-order valence-electron chi connectivity index (χ1n) is 11.3. The molecule has 0 fully saturated rings. The molecule has 0 aliphatic carbocycles. The van der Waals surface area contributed by atoms with Gasteiger partial charge in [0.1, 0.15) is 5.75 Å². The highest BCUT2D eigenvalue weighted by Crippen LogP contribution is 2.29. The van der Waals surface area contributed by atoms with Crippen molar-refractivity contribution >= 4 is 39.2 Å². The molecule has 2 aromatic carbocycles. The van der Waals surface area contributed by atoms with Gasteiger partial charge in [-0.2, -0.15) is 8.42 Å². The van der Waals surface area contributed by atoms with Gasteiger partial charge in [-0.3, -0.25) is 8.98 Å². The molecule has 0 saturated carbocycles. The van der Waals surface area contributed by atoms with Crippen LogP contribution in [0.25, 0.3) is 0 Å². The van der Waals surface area contributed by atoms with Crippen LogP contribution >= 0.6 is 23.2 Å². The van der Waals surface area contributed by atoms with Gasteiger partial charge in [-0.15, -0.1) is 0 Å². The van der Waals surface area contributed by atoms with Gasteiger partial charge in [0.05, 0.1) is 42.0 Å². The van der Waals surface area contributed by atoms with Gasteiger partial charge in [-0.25, -0.2) is 0 Å². The van der Waals surface area contributed by atoms with Crippen LogP contribution in [0.1, 0.15) is 37.3 Å². The van der Waals surface area contributed by atoms with Crippen molar-refractivity contribution in [2.75, 3.05) is 39.7 Å². The first-order chi connectivity index (χ1) is 16.5. The van der Waals surface area contributed by atoms with Gasteiger partial charge in [0.2, 0.25) is 5.91 Å². The van der Waals surface area contributed by atoms with Crippen molar-refractivity contribution in [3.63, 3.8) is 0 Å². The summed E-state index contributed by atoms with van der Waals surface area (Å²) < 4.78 is 38.9. The molecule has 0 saturated heterocycles. The number of nitrogens with zero attached hydrogens (tertiary/aromatic N) is 1. The number of amides is 1. The number of rotatable bonds is 14. The fraction of sp³-hybridized carbons (Fsp3) is 0.480. The fourth-order valence-electron chi connectivity index (χ4n) is 3.54. The summed E-state index contributed by atoms with van der Waals surface area (Å²) in [6.07, 6.45) is 1.58. The highest BCUT2D eigenvalue weighted by molar-refractivity contribution is 7.85. The van der Waals surface area contributed by atoms with E-state index in [2.05, 4.69) is 0 Å². The van der Waals surface area contributed by atoms with Crippen molar-refractivity contribution in [2.24, 2.45) is 0 Å². The lowest BCUT2D eigenvalue weighted by molar-refractivity contribution is -0.131. The van der Waals surface area contributed by atoms with Crippen LogP contribution in [0.15, 0.2) is 42.5 Å². The Labute approximate surface area is 218 Å². The summed E-state index contributed by atoms with van der Waals surface area (Å²) in [5.41, 5.74) is 1.67. The summed E-state index contributed by atoms with van der Waals surface area (Å²) in [6, 6.07) is 12.7. The summed E-state index contributed by atoms with van der Waals surface area (Å²) in [4.78, 5) is 15.0. The summed E-state index contributed by atoms with van der Waals surface area (Å²) in [6.45, 7) is 4.93. The Morgan fingerprint density at radius 3 is 2.43 bits per heavy atom. The lowest BCUT2D eigenvalue weighted by Gasteiger charge is -2.28. The van der Waals surface area contributed by atoms with Gasteiger partial charge in [0.25, 0.3) is 10.1 Å². The third-order valence-electron chi connectivity index (χ3n) is 5.16. The largest absolute Gasteiger partial charge is 0.491 e. The predicted octanol–water partition coefficient (Wildman–Crippen LogP) is 4.95. The minimum Gasteiger partial charge on any atom is -0.491 e. The minimum atomic E-state index is -3.59. The van der Waals surface area contributed by atoms with Crippen molar-refractivity contribution in [1.82, 2.24) is 4.90 Å². The first-order valence-corrected chi connectivity index (χ1v) is 13.9. The second-order valence-electron chi connectivity index (χ2n) is 8.51. The maximum absolute atomic E-state index is 13.3. The lowest BCUT2D eigenvalue weighted by Crippen LogP contribution is -2.38. The van der Waals surface area contributed by atoms with Gasteiger partial charge in [-0.05, 0) is 55.7 Å². The monoisotopic (exact) mass is 545 g/mol. The van der Waals surface area contributed by atoms with E-state index in [4.69, 9.17) is 36.9 Å². The van der Waals surface area contributed by atoms with Crippen molar-refractivity contribution in [2.45, 2.75) is 38.7 Å². The molecule has 0 aliphatic heterocycles. The van der Waals surface area contributed by atoms with E-state index >= 15 is 0 Å². The summed E-state index contributed by atoms with van der Waals surface area (Å²) in [5, 5.41) is 0.798. The second-order valence-corrected chi connectivity index (χ2v) is 11.0. The molecule has 1 atom stereocenters. The highest BCUT2D eigenvalue weighted by Gasteiger charge is 2.22. The quantitative estimate of drug-likeness (QED) is 0.312. The number of hydrogen-bond acceptors (Lipinski definition) is 6. The molecule has 0 bridgehead atoms. The minimum absolute atomic E-state index is 0.0232. The van der Waals surface area contributed by atoms with E-state index in [1.54, 1.807) is 24.1 Å². The van der Waals surface area contributed by atoms with E-state index in [9.17, 15) is 13.2 Å². The van der Waals surface area contributed by atoms with E-state index in [1.807, 2.05) is 44.2 Å². The van der Waals surface area contributed by atoms with Gasteiger partial charge < -0.3 is 14.4 Å². The Bertz CT molecular complexity index is 1080. The average Bonchev–Trinajstić information content (AvgIpc) is 2.76. The van der Waals surface area contributed by atoms with Crippen LogP contribution in [0.4, 0.5) is 0 Å². The van der Waals surface area contributed by atoms with Gasteiger partial charge in [0.15, 0.2) is 0 Å². The van der Waals surface area contributed by atoms with Crippen molar-refractivity contribution in [3.8, 4) is 5.75 Å². The van der Waals surface area contributed by atoms with E-state index in [0.29, 0.717) is 41.9 Å². The molecule has 0 spiro atoms. The summed E-state index contributed by atoms with van der Waals surface area (Å²) in [5.74, 6) is 0.390. The summed E-state index contributed by atoms with van der Waals surface area (Å²) in [7, 11) is -2.01. The van der Waals surface area contributed by atoms with E-state index in [-0.39, 0.29) is 31.0 Å². The molecule has 7 nitrogen and oxygen atoms in total. The first kappa shape index (κ1) is 29.4. The zero-order valence-electron chi connectivity index (χ0n) is 20.5. The Morgan fingerprint density at radius 1 is 1.06 bits per heavy atom. The second kappa shape index (κ2) is 14.0. The zero-order valence-corrected chi connectivity index (χ0v) is 22.8. The van der Waals surface area contributed by atoms with Crippen LogP contribution in [0, 0.1) is 0 Å². The van der Waals surface area contributed by atoms with Crippen LogP contribution in [-0.4, -0.2) is 65.0 Å². The third-order valence-corrected chi connectivity index (χ3v) is 6.50. The number of halogens is 2. The number of carbonyl (C=O) groups excluding carboxylic acids is 1. The summed E-state index contributed by atoms with van der Waals surface area (Å²) >= 11 is 12.3. The Morgan fingerprint density at radius 2 is 1.80 bits per heavy atom. The molecule has 0 N–H and O–H groups in total. The molecule has 2 aromatic rings. The molecular weight excluding hydrogens is 513 g/mol. The number of ether oxygens (including phenoxy) is 2. The standard InChI is InChI=1S/C25H33Cl2NO6S/c1-18(2)34-22-7-5-6-19(14-22)15-25(29)28(11-13-32-3)17-21(10-12-33-35(4,30)31)20-8-9-23(26)24(27)16-20/h5-9,14,16,18,21H,10-13,15,17H2,1-4H3. The molecular formula is C25H33Cl2NO6S. The number of benzene rings is 2. The number of carbonyl (C=O) groups is 1. The maximum Gasteiger partial charge on any atom is 0.264 e. The average molecular weight is 547 g/mol. The Balaban J connectivity index is 2.24. The van der Waals surface area contributed by atoms with Gasteiger partial charge >= 0.3 is 0 Å². The van der Waals surface area contributed by atoms with E-state index in [0.717, 1.165) is 17.4 Å². The Kier molecular flexibility index (Phi) is 11.8. The van der Waals surface area contributed by atoms with Gasteiger partial charge in [-0.1, -0.05) is 41.4 Å². The SMILES string of the molecule is COCCN(CC(CCOS(C)(=O)=O)c1ccc(Cl)c(Cl)c1)C(=O)Cc1cccc(OC(C)C)c1. The highest BCUT2D eigenvalue weighted by atomic mass is 35.5. The molecule has 1 amide bonds. The third kappa shape index (κ3) is 10.8. The molecule has 194 valence electrons. The van der Waals surface area contributed by atoms with Crippen LogP contribution in [0.3, 0.4) is 0 Å². The molecule has 1 unspecified atom stereocenters. The molecule has 35 heavy (non-hydrogen) atoms.